The first-order valence-electron chi connectivity index (χ1n) is 3.84. The fourth-order valence-corrected chi connectivity index (χ4v) is 1.56. The van der Waals surface area contributed by atoms with E-state index in [2.05, 4.69) is 20.7 Å². The van der Waals surface area contributed by atoms with Crippen molar-refractivity contribution >= 4 is 27.9 Å². The molecule has 0 bridgehead atoms. The highest BCUT2D eigenvalue weighted by molar-refractivity contribution is 9.10. The lowest BCUT2D eigenvalue weighted by molar-refractivity contribution is 0.0443. The van der Waals surface area contributed by atoms with Crippen LogP contribution in [-0.2, 0) is 4.74 Å². The molecule has 0 aromatic heterocycles. The Bertz CT molecular complexity index is 549. The van der Waals surface area contributed by atoms with Crippen LogP contribution in [0.15, 0.2) is 21.4 Å². The van der Waals surface area contributed by atoms with E-state index in [1.165, 1.54) is 12.1 Å². The summed E-state index contributed by atoms with van der Waals surface area (Å²) in [6, 6.07) is 2.52. The molecule has 15 heavy (non-hydrogen) atoms. The molecule has 76 valence electrons. The van der Waals surface area contributed by atoms with E-state index in [-0.39, 0.29) is 15.6 Å². The molecule has 1 aliphatic rings. The summed E-state index contributed by atoms with van der Waals surface area (Å²) in [4.78, 5) is 33.6. The fraction of sp³-hybridized carbons (Fsp3) is 0. The Labute approximate surface area is 91.4 Å². The lowest BCUT2D eigenvalue weighted by Crippen LogP contribution is -2.03. The Hall–Kier alpha value is -1.69. The summed E-state index contributed by atoms with van der Waals surface area (Å²) in [7, 11) is 0. The molecule has 0 saturated heterocycles. The van der Waals surface area contributed by atoms with Crippen LogP contribution in [-0.4, -0.2) is 17.0 Å². The van der Waals surface area contributed by atoms with E-state index in [9.17, 15) is 19.5 Å². The zero-order chi connectivity index (χ0) is 11.2. The maximum atomic E-state index is 11.4. The number of aromatic hydroxyl groups is 1. The van der Waals surface area contributed by atoms with Gasteiger partial charge in [-0.25, -0.2) is 9.59 Å². The van der Waals surface area contributed by atoms with Crippen molar-refractivity contribution in [2.45, 2.75) is 0 Å². The highest BCUT2D eigenvalue weighted by atomic mass is 79.9. The average molecular weight is 271 g/mol. The third kappa shape index (κ3) is 1.33. The number of rotatable bonds is 0. The van der Waals surface area contributed by atoms with E-state index in [4.69, 9.17) is 0 Å². The number of cyclic esters (lactones) is 2. The van der Waals surface area contributed by atoms with Crippen LogP contribution in [0.3, 0.4) is 0 Å². The highest BCUT2D eigenvalue weighted by Crippen LogP contribution is 2.25. The minimum Gasteiger partial charge on any atom is -0.503 e. The molecule has 0 fully saturated rings. The van der Waals surface area contributed by atoms with Crippen molar-refractivity contribution < 1.29 is 19.4 Å². The molecule has 0 amide bonds. The Morgan fingerprint density at radius 3 is 2.47 bits per heavy atom. The van der Waals surface area contributed by atoms with Gasteiger partial charge in [-0.05, 0) is 28.1 Å². The second-order valence-corrected chi connectivity index (χ2v) is 3.68. The first-order valence-corrected chi connectivity index (χ1v) is 4.64. The number of carbonyl (C=O) groups excluding carboxylic acids is 2. The van der Waals surface area contributed by atoms with Gasteiger partial charge in [0, 0.05) is 0 Å². The molecule has 1 heterocycles. The highest BCUT2D eigenvalue weighted by Gasteiger charge is 2.33. The predicted molar refractivity (Wildman–Crippen MR) is 51.8 cm³/mol. The topological polar surface area (TPSA) is 80.7 Å². The van der Waals surface area contributed by atoms with E-state index in [0.717, 1.165) is 0 Å². The lowest BCUT2D eigenvalue weighted by Gasteiger charge is -1.89. The average Bonchev–Trinajstić information content (AvgIpc) is 2.41. The van der Waals surface area contributed by atoms with Crippen molar-refractivity contribution in [3.8, 4) is 5.75 Å². The smallest absolute Gasteiger partial charge is 0.350 e. The van der Waals surface area contributed by atoms with Gasteiger partial charge in [0.15, 0.2) is 5.75 Å². The van der Waals surface area contributed by atoms with Crippen molar-refractivity contribution in [1.29, 1.82) is 0 Å². The lowest BCUT2D eigenvalue weighted by atomic mass is 10.2. The Balaban J connectivity index is 2.95. The number of carbonyl (C=O) groups is 2. The molecule has 0 unspecified atom stereocenters. The zero-order valence-electron chi connectivity index (χ0n) is 7.11. The molecule has 1 N–H and O–H groups in total. The van der Waals surface area contributed by atoms with E-state index < -0.39 is 23.1 Å². The Kier molecular flexibility index (Phi) is 2.08. The van der Waals surface area contributed by atoms with Crippen LogP contribution in [0, 0.1) is 0 Å². The Morgan fingerprint density at radius 1 is 1.13 bits per heavy atom. The van der Waals surface area contributed by atoms with Gasteiger partial charge in [0.05, 0.1) is 10.0 Å². The van der Waals surface area contributed by atoms with Crippen LogP contribution < -0.4 is 5.43 Å². The number of hydrogen-bond donors (Lipinski definition) is 1. The second-order valence-electron chi connectivity index (χ2n) is 2.82. The SMILES string of the molecule is O=C1OC(=O)c2c1ccc(Br)c(=O)c2O. The van der Waals surface area contributed by atoms with E-state index in [1.54, 1.807) is 0 Å². The van der Waals surface area contributed by atoms with Crippen LogP contribution in [0.4, 0.5) is 0 Å². The summed E-state index contributed by atoms with van der Waals surface area (Å²) in [5.41, 5.74) is -1.25. The van der Waals surface area contributed by atoms with Gasteiger partial charge in [0.1, 0.15) is 5.56 Å². The molecule has 5 nitrogen and oxygen atoms in total. The van der Waals surface area contributed by atoms with Gasteiger partial charge >= 0.3 is 11.9 Å². The van der Waals surface area contributed by atoms with E-state index >= 15 is 0 Å². The van der Waals surface area contributed by atoms with Crippen LogP contribution in [0.1, 0.15) is 20.7 Å². The molecule has 0 spiro atoms. The maximum absolute atomic E-state index is 11.4. The number of halogens is 1. The standard InChI is InChI=1S/C9H3BrO5/c10-4-2-1-3-5(7(12)6(4)11)9(14)15-8(3)13/h1-2H,(H,11,12). The van der Waals surface area contributed by atoms with Crippen molar-refractivity contribution in [1.82, 2.24) is 0 Å². The molecule has 6 heteroatoms. The second kappa shape index (κ2) is 3.16. The molecule has 1 aromatic carbocycles. The minimum absolute atomic E-state index is 0.0648. The third-order valence-corrected chi connectivity index (χ3v) is 2.57. The number of hydrogen-bond acceptors (Lipinski definition) is 5. The quantitative estimate of drug-likeness (QED) is 0.558. The molecule has 2 rings (SSSR count). The van der Waals surface area contributed by atoms with E-state index in [0.29, 0.717) is 0 Å². The summed E-state index contributed by atoms with van der Waals surface area (Å²) >= 11 is 2.90. The maximum Gasteiger partial charge on any atom is 0.350 e. The molecular formula is C9H3BrO5. The summed E-state index contributed by atoms with van der Waals surface area (Å²) < 4.78 is 4.32. The number of fused-ring (bicyclic) bond motifs is 1. The van der Waals surface area contributed by atoms with E-state index in [1.807, 2.05) is 0 Å². The predicted octanol–water partition coefficient (Wildman–Crippen LogP) is 0.825. The van der Waals surface area contributed by atoms with Gasteiger partial charge < -0.3 is 9.84 Å². The van der Waals surface area contributed by atoms with Gasteiger partial charge in [0.25, 0.3) is 0 Å². The van der Waals surface area contributed by atoms with Crippen molar-refractivity contribution in [3.63, 3.8) is 0 Å². The van der Waals surface area contributed by atoms with Gasteiger partial charge in [-0.1, -0.05) is 0 Å². The molecule has 1 aliphatic heterocycles. The zero-order valence-corrected chi connectivity index (χ0v) is 8.70. The number of ether oxygens (including phenoxy) is 1. The molecule has 0 atom stereocenters. The van der Waals surface area contributed by atoms with Crippen molar-refractivity contribution in [2.24, 2.45) is 0 Å². The van der Waals surface area contributed by atoms with Crippen LogP contribution in [0.5, 0.6) is 5.75 Å². The summed E-state index contributed by atoms with van der Waals surface area (Å²) in [5, 5.41) is 9.45. The van der Waals surface area contributed by atoms with Gasteiger partial charge in [-0.2, -0.15) is 0 Å². The molecule has 0 saturated carbocycles. The van der Waals surface area contributed by atoms with Crippen molar-refractivity contribution in [3.05, 3.63) is 38.0 Å². The van der Waals surface area contributed by atoms with Gasteiger partial charge in [-0.3, -0.25) is 4.79 Å². The van der Waals surface area contributed by atoms with Crippen LogP contribution in [0.2, 0.25) is 0 Å². The van der Waals surface area contributed by atoms with Crippen molar-refractivity contribution in [2.75, 3.05) is 0 Å². The van der Waals surface area contributed by atoms with Crippen LogP contribution in [0.25, 0.3) is 0 Å². The largest absolute Gasteiger partial charge is 0.503 e. The van der Waals surface area contributed by atoms with Gasteiger partial charge in [0.2, 0.25) is 5.43 Å². The summed E-state index contributed by atoms with van der Waals surface area (Å²) in [6.45, 7) is 0. The minimum atomic E-state index is -1.01. The Morgan fingerprint density at radius 2 is 1.80 bits per heavy atom. The molecular weight excluding hydrogens is 268 g/mol. The molecule has 1 aromatic rings. The third-order valence-electron chi connectivity index (χ3n) is 1.94. The molecule has 0 aliphatic carbocycles. The summed E-state index contributed by atoms with van der Waals surface area (Å²) in [5.74, 6) is -2.65. The normalized spacial score (nSPS) is 13.7. The fourth-order valence-electron chi connectivity index (χ4n) is 1.24. The molecule has 0 radical (unpaired) electrons. The number of esters is 2. The summed E-state index contributed by atoms with van der Waals surface area (Å²) in [6.07, 6.45) is 0. The van der Waals surface area contributed by atoms with Gasteiger partial charge in [-0.15, -0.1) is 0 Å². The monoisotopic (exact) mass is 270 g/mol. The van der Waals surface area contributed by atoms with Crippen LogP contribution >= 0.6 is 15.9 Å². The first-order chi connectivity index (χ1) is 7.02. The first kappa shape index (κ1) is 9.85.